The Hall–Kier alpha value is -1.64. The Balaban J connectivity index is 2.88. The summed E-state index contributed by atoms with van der Waals surface area (Å²) in [5.74, 6) is -0.250. The standard InChI is InChI=1S/C12H13FN2/c1-7-8(2)15-11-6-9(13)4-5-10(11)12(7)14-3/h4-6H,1-3H3,(H,14,15). The third-order valence-corrected chi connectivity index (χ3v) is 2.68. The first-order valence-electron chi connectivity index (χ1n) is 4.87. The van der Waals surface area contributed by atoms with Crippen molar-refractivity contribution in [3.63, 3.8) is 0 Å². The minimum Gasteiger partial charge on any atom is -0.387 e. The molecular formula is C12H13FN2. The molecule has 0 saturated carbocycles. The van der Waals surface area contributed by atoms with E-state index in [9.17, 15) is 4.39 Å². The van der Waals surface area contributed by atoms with Crippen molar-refractivity contribution >= 4 is 16.6 Å². The number of hydrogen-bond donors (Lipinski definition) is 1. The summed E-state index contributed by atoms with van der Waals surface area (Å²) in [5, 5.41) is 4.10. The van der Waals surface area contributed by atoms with Crippen molar-refractivity contribution in [2.45, 2.75) is 13.8 Å². The maximum atomic E-state index is 13.0. The quantitative estimate of drug-likeness (QED) is 0.772. The highest BCUT2D eigenvalue weighted by molar-refractivity contribution is 5.93. The molecule has 0 saturated heterocycles. The van der Waals surface area contributed by atoms with Crippen molar-refractivity contribution in [2.75, 3.05) is 12.4 Å². The fourth-order valence-corrected chi connectivity index (χ4v) is 1.78. The van der Waals surface area contributed by atoms with Gasteiger partial charge in [-0.1, -0.05) is 0 Å². The first-order valence-corrected chi connectivity index (χ1v) is 4.87. The molecule has 0 spiro atoms. The lowest BCUT2D eigenvalue weighted by molar-refractivity contribution is 0.629. The van der Waals surface area contributed by atoms with Crippen LogP contribution in [0, 0.1) is 19.7 Å². The molecular weight excluding hydrogens is 191 g/mol. The normalized spacial score (nSPS) is 10.7. The maximum absolute atomic E-state index is 13.0. The van der Waals surface area contributed by atoms with Crippen molar-refractivity contribution in [2.24, 2.45) is 0 Å². The Morgan fingerprint density at radius 2 is 2.00 bits per heavy atom. The predicted molar refractivity (Wildman–Crippen MR) is 60.7 cm³/mol. The Bertz CT molecular complexity index is 521. The van der Waals surface area contributed by atoms with E-state index in [1.807, 2.05) is 20.9 Å². The highest BCUT2D eigenvalue weighted by atomic mass is 19.1. The van der Waals surface area contributed by atoms with Crippen LogP contribution in [0.15, 0.2) is 18.2 Å². The van der Waals surface area contributed by atoms with Gasteiger partial charge in [0.2, 0.25) is 0 Å². The topological polar surface area (TPSA) is 24.9 Å². The number of fused-ring (bicyclic) bond motifs is 1. The maximum Gasteiger partial charge on any atom is 0.125 e. The molecule has 0 radical (unpaired) electrons. The molecule has 0 aliphatic heterocycles. The van der Waals surface area contributed by atoms with Gasteiger partial charge in [-0.05, 0) is 31.5 Å². The van der Waals surface area contributed by atoms with Crippen LogP contribution < -0.4 is 5.32 Å². The Kier molecular flexibility index (Phi) is 2.31. The van der Waals surface area contributed by atoms with Crippen LogP contribution in [0.5, 0.6) is 0 Å². The summed E-state index contributed by atoms with van der Waals surface area (Å²) in [6, 6.07) is 4.68. The van der Waals surface area contributed by atoms with Crippen LogP contribution in [-0.2, 0) is 0 Å². The highest BCUT2D eigenvalue weighted by Gasteiger charge is 2.08. The summed E-state index contributed by atoms with van der Waals surface area (Å²) in [7, 11) is 1.87. The number of nitrogens with zero attached hydrogens (tertiary/aromatic N) is 1. The molecule has 2 aromatic rings. The summed E-state index contributed by atoms with van der Waals surface area (Å²) in [5.41, 5.74) is 3.76. The number of benzene rings is 1. The van der Waals surface area contributed by atoms with Gasteiger partial charge < -0.3 is 5.32 Å². The van der Waals surface area contributed by atoms with Crippen LogP contribution in [0.3, 0.4) is 0 Å². The minimum absolute atomic E-state index is 0.250. The van der Waals surface area contributed by atoms with Crippen LogP contribution in [0.2, 0.25) is 0 Å². The predicted octanol–water partition coefficient (Wildman–Crippen LogP) is 3.03. The Labute approximate surface area is 88.1 Å². The molecule has 0 aliphatic carbocycles. The molecule has 15 heavy (non-hydrogen) atoms. The zero-order chi connectivity index (χ0) is 11.0. The van der Waals surface area contributed by atoms with Crippen LogP contribution >= 0.6 is 0 Å². The van der Waals surface area contributed by atoms with E-state index in [4.69, 9.17) is 0 Å². The summed E-state index contributed by atoms with van der Waals surface area (Å²) in [6.07, 6.45) is 0. The molecule has 2 rings (SSSR count). The van der Waals surface area contributed by atoms with Crippen LogP contribution in [0.1, 0.15) is 11.3 Å². The lowest BCUT2D eigenvalue weighted by Gasteiger charge is -2.11. The van der Waals surface area contributed by atoms with Gasteiger partial charge in [0.05, 0.1) is 5.52 Å². The zero-order valence-electron chi connectivity index (χ0n) is 9.06. The number of nitrogens with one attached hydrogen (secondary N) is 1. The van der Waals surface area contributed by atoms with Crippen molar-refractivity contribution in [1.82, 2.24) is 4.98 Å². The van der Waals surface area contributed by atoms with E-state index < -0.39 is 0 Å². The molecule has 1 aromatic heterocycles. The van der Waals surface area contributed by atoms with Gasteiger partial charge >= 0.3 is 0 Å². The van der Waals surface area contributed by atoms with E-state index in [0.29, 0.717) is 5.52 Å². The van der Waals surface area contributed by atoms with Gasteiger partial charge in [-0.2, -0.15) is 0 Å². The van der Waals surface area contributed by atoms with Gasteiger partial charge in [-0.3, -0.25) is 4.98 Å². The van der Waals surface area contributed by atoms with Gasteiger partial charge in [0.1, 0.15) is 5.82 Å². The number of aryl methyl sites for hydroxylation is 1. The van der Waals surface area contributed by atoms with Gasteiger partial charge in [-0.15, -0.1) is 0 Å². The zero-order valence-corrected chi connectivity index (χ0v) is 9.06. The molecule has 1 N–H and O–H groups in total. The summed E-state index contributed by atoms with van der Waals surface area (Å²) in [4.78, 5) is 4.36. The average Bonchev–Trinajstić information content (AvgIpc) is 2.20. The van der Waals surface area contributed by atoms with Gasteiger partial charge in [-0.25, -0.2) is 4.39 Å². The SMILES string of the molecule is CNc1c(C)c(C)nc2cc(F)ccc12. The van der Waals surface area contributed by atoms with Crippen molar-refractivity contribution < 1.29 is 4.39 Å². The van der Waals surface area contributed by atoms with E-state index in [0.717, 1.165) is 22.3 Å². The lowest BCUT2D eigenvalue weighted by Crippen LogP contribution is -1.98. The highest BCUT2D eigenvalue weighted by Crippen LogP contribution is 2.27. The van der Waals surface area contributed by atoms with Crippen LogP contribution in [0.25, 0.3) is 10.9 Å². The van der Waals surface area contributed by atoms with Gasteiger partial charge in [0.15, 0.2) is 0 Å². The second-order valence-electron chi connectivity index (χ2n) is 3.61. The van der Waals surface area contributed by atoms with E-state index >= 15 is 0 Å². The second kappa shape index (κ2) is 3.50. The van der Waals surface area contributed by atoms with E-state index in [1.54, 1.807) is 6.07 Å². The van der Waals surface area contributed by atoms with E-state index in [1.165, 1.54) is 12.1 Å². The van der Waals surface area contributed by atoms with Crippen LogP contribution in [0.4, 0.5) is 10.1 Å². The Morgan fingerprint density at radius 3 is 2.67 bits per heavy atom. The van der Waals surface area contributed by atoms with E-state index in [-0.39, 0.29) is 5.82 Å². The van der Waals surface area contributed by atoms with E-state index in [2.05, 4.69) is 10.3 Å². The van der Waals surface area contributed by atoms with Crippen molar-refractivity contribution in [3.8, 4) is 0 Å². The fourth-order valence-electron chi connectivity index (χ4n) is 1.78. The third kappa shape index (κ3) is 1.54. The minimum atomic E-state index is -0.250. The number of hydrogen-bond acceptors (Lipinski definition) is 2. The van der Waals surface area contributed by atoms with Crippen molar-refractivity contribution in [3.05, 3.63) is 35.3 Å². The molecule has 0 amide bonds. The number of aromatic nitrogens is 1. The molecule has 0 fully saturated rings. The summed E-state index contributed by atoms with van der Waals surface area (Å²) >= 11 is 0. The molecule has 2 nitrogen and oxygen atoms in total. The summed E-state index contributed by atoms with van der Waals surface area (Å²) in [6.45, 7) is 3.94. The average molecular weight is 204 g/mol. The number of anilines is 1. The first kappa shape index (κ1) is 9.90. The first-order chi connectivity index (χ1) is 7.13. The molecule has 0 aliphatic rings. The molecule has 0 atom stereocenters. The number of halogens is 1. The number of pyridine rings is 1. The molecule has 3 heteroatoms. The molecule has 78 valence electrons. The molecule has 0 unspecified atom stereocenters. The largest absolute Gasteiger partial charge is 0.387 e. The summed E-state index contributed by atoms with van der Waals surface area (Å²) < 4.78 is 13.0. The third-order valence-electron chi connectivity index (χ3n) is 2.68. The Morgan fingerprint density at radius 1 is 1.27 bits per heavy atom. The molecule has 1 aromatic carbocycles. The number of rotatable bonds is 1. The fraction of sp³-hybridized carbons (Fsp3) is 0.250. The van der Waals surface area contributed by atoms with Crippen LogP contribution in [-0.4, -0.2) is 12.0 Å². The monoisotopic (exact) mass is 204 g/mol. The molecule has 1 heterocycles. The lowest BCUT2D eigenvalue weighted by atomic mass is 10.1. The van der Waals surface area contributed by atoms with Crippen molar-refractivity contribution in [1.29, 1.82) is 0 Å². The smallest absolute Gasteiger partial charge is 0.125 e. The van der Waals surface area contributed by atoms with Gasteiger partial charge in [0, 0.05) is 29.9 Å². The second-order valence-corrected chi connectivity index (χ2v) is 3.61. The molecule has 0 bridgehead atoms. The van der Waals surface area contributed by atoms with Gasteiger partial charge in [0.25, 0.3) is 0 Å².